The van der Waals surface area contributed by atoms with E-state index in [-0.39, 0.29) is 18.3 Å². The van der Waals surface area contributed by atoms with Crippen molar-refractivity contribution in [3.8, 4) is 0 Å². The summed E-state index contributed by atoms with van der Waals surface area (Å²) in [5.41, 5.74) is 4.71. The van der Waals surface area contributed by atoms with Gasteiger partial charge in [-0.2, -0.15) is 0 Å². The maximum absolute atomic E-state index is 12.1. The summed E-state index contributed by atoms with van der Waals surface area (Å²) in [5, 5.41) is 10.6. The molecule has 0 radical (unpaired) electrons. The Morgan fingerprint density at radius 2 is 1.85 bits per heavy atom. The van der Waals surface area contributed by atoms with Crippen molar-refractivity contribution in [1.29, 1.82) is 0 Å². The van der Waals surface area contributed by atoms with Crippen LogP contribution in [0.3, 0.4) is 0 Å². The standard InChI is InChI=1S/C26H30N4OS.ClH/c1-2-26(31)29-25-18-32(19-28-25,21-12-14-27-15-13-21)24-17-30(16-20-8-4-3-5-9-20)23-11-7-6-10-22(23)24;/h3-11,17-19,21,27H,2,12-16H2,1H3,(H,29,31);1H. The number of carbonyl (C=O) groups excluding carboxylic acids is 1. The van der Waals surface area contributed by atoms with E-state index < -0.39 is 10.0 Å². The molecule has 1 fully saturated rings. The minimum absolute atomic E-state index is 0. The third-order valence-electron chi connectivity index (χ3n) is 6.43. The Morgan fingerprint density at radius 1 is 1.12 bits per heavy atom. The number of carbonyl (C=O) groups is 1. The molecule has 2 aliphatic heterocycles. The van der Waals surface area contributed by atoms with Crippen molar-refractivity contribution in [1.82, 2.24) is 15.2 Å². The molecule has 0 aliphatic carbocycles. The summed E-state index contributed by atoms with van der Waals surface area (Å²) in [6.45, 7) is 4.77. The number of piperidine rings is 1. The number of nitrogens with one attached hydrogen (secondary N) is 2. The van der Waals surface area contributed by atoms with Crippen molar-refractivity contribution in [2.45, 2.75) is 42.9 Å². The summed E-state index contributed by atoms with van der Waals surface area (Å²) in [6.07, 6.45) is 5.04. The van der Waals surface area contributed by atoms with E-state index in [1.165, 1.54) is 21.4 Å². The molecule has 1 atom stereocenters. The molecular weight excluding hydrogens is 452 g/mol. The van der Waals surface area contributed by atoms with Crippen LogP contribution in [0.25, 0.3) is 10.9 Å². The molecule has 3 heterocycles. The quantitative estimate of drug-likeness (QED) is 0.494. The van der Waals surface area contributed by atoms with Crippen LogP contribution in [0.4, 0.5) is 0 Å². The first-order chi connectivity index (χ1) is 15.7. The fraction of sp³-hybridized carbons (Fsp3) is 0.308. The summed E-state index contributed by atoms with van der Waals surface area (Å²) in [6, 6.07) is 19.3. The van der Waals surface area contributed by atoms with Gasteiger partial charge < -0.3 is 15.2 Å². The van der Waals surface area contributed by atoms with Gasteiger partial charge in [0.15, 0.2) is 0 Å². The van der Waals surface area contributed by atoms with Crippen LogP contribution in [0.2, 0.25) is 0 Å². The van der Waals surface area contributed by atoms with E-state index in [4.69, 9.17) is 4.99 Å². The van der Waals surface area contributed by atoms with Crippen LogP contribution in [0.5, 0.6) is 0 Å². The van der Waals surface area contributed by atoms with Gasteiger partial charge >= 0.3 is 0 Å². The maximum atomic E-state index is 12.1. The van der Waals surface area contributed by atoms with E-state index in [0.29, 0.717) is 17.5 Å². The Kier molecular flexibility index (Phi) is 7.27. The lowest BCUT2D eigenvalue weighted by atomic mass is 10.2. The van der Waals surface area contributed by atoms with Gasteiger partial charge in [0.1, 0.15) is 5.82 Å². The molecule has 1 saturated heterocycles. The molecule has 7 heteroatoms. The molecule has 0 saturated carbocycles. The van der Waals surface area contributed by atoms with E-state index in [1.807, 2.05) is 6.92 Å². The average molecular weight is 483 g/mol. The molecule has 2 aliphatic rings. The van der Waals surface area contributed by atoms with Gasteiger partial charge in [-0.05, 0) is 37.6 Å². The fourth-order valence-electron chi connectivity index (χ4n) is 4.76. The number of para-hydroxylation sites is 1. The molecule has 3 aromatic rings. The first-order valence-electron chi connectivity index (χ1n) is 11.4. The second-order valence-electron chi connectivity index (χ2n) is 8.47. The zero-order valence-electron chi connectivity index (χ0n) is 18.9. The molecular formula is C26H31ClN4OS. The van der Waals surface area contributed by atoms with Crippen molar-refractivity contribution in [3.05, 3.63) is 77.6 Å². The second kappa shape index (κ2) is 10.2. The molecule has 5 rings (SSSR count). The smallest absolute Gasteiger partial charge is 0.225 e. The highest BCUT2D eigenvalue weighted by atomic mass is 35.5. The number of nitrogens with zero attached hydrogens (tertiary/aromatic N) is 2. The number of benzene rings is 2. The minimum atomic E-state index is -1.47. The summed E-state index contributed by atoms with van der Waals surface area (Å²) < 4.78 is 2.38. The molecule has 1 amide bonds. The van der Waals surface area contributed by atoms with Crippen LogP contribution in [-0.4, -0.2) is 34.4 Å². The van der Waals surface area contributed by atoms with Gasteiger partial charge in [-0.25, -0.2) is 4.99 Å². The first kappa shape index (κ1) is 23.6. The number of rotatable bonds is 6. The lowest BCUT2D eigenvalue weighted by Gasteiger charge is -2.41. The number of aliphatic imine (C=N–C) groups is 1. The molecule has 5 nitrogen and oxygen atoms in total. The minimum Gasteiger partial charge on any atom is -0.342 e. The predicted octanol–water partition coefficient (Wildman–Crippen LogP) is 5.39. The van der Waals surface area contributed by atoms with E-state index >= 15 is 0 Å². The van der Waals surface area contributed by atoms with Crippen LogP contribution in [0.1, 0.15) is 31.7 Å². The average Bonchev–Trinajstić information content (AvgIpc) is 3.43. The van der Waals surface area contributed by atoms with Gasteiger partial charge in [0.25, 0.3) is 0 Å². The Hall–Kier alpha value is -2.54. The Bertz CT molecular complexity index is 1180. The fourth-order valence-corrected chi connectivity index (χ4v) is 8.44. The van der Waals surface area contributed by atoms with Gasteiger partial charge in [-0.1, -0.05) is 55.5 Å². The van der Waals surface area contributed by atoms with Crippen molar-refractivity contribution in [2.24, 2.45) is 4.99 Å². The van der Waals surface area contributed by atoms with E-state index in [1.54, 1.807) is 0 Å². The molecule has 174 valence electrons. The molecule has 1 unspecified atom stereocenters. The van der Waals surface area contributed by atoms with Gasteiger partial charge in [0.05, 0.1) is 5.55 Å². The zero-order valence-corrected chi connectivity index (χ0v) is 20.5. The van der Waals surface area contributed by atoms with Crippen molar-refractivity contribution in [2.75, 3.05) is 13.1 Å². The lowest BCUT2D eigenvalue weighted by molar-refractivity contribution is -0.120. The number of hydrogen-bond donors (Lipinski definition) is 2. The number of hydrogen-bond acceptors (Lipinski definition) is 3. The Balaban J connectivity index is 0.00000259. The molecule has 1 aromatic heterocycles. The summed E-state index contributed by atoms with van der Waals surface area (Å²) in [5.74, 6) is 0.727. The van der Waals surface area contributed by atoms with Crippen LogP contribution >= 0.6 is 22.4 Å². The van der Waals surface area contributed by atoms with E-state index in [0.717, 1.165) is 32.5 Å². The molecule has 0 spiro atoms. The Labute approximate surface area is 203 Å². The normalized spacial score (nSPS) is 22.4. The predicted molar refractivity (Wildman–Crippen MR) is 141 cm³/mol. The van der Waals surface area contributed by atoms with Crippen LogP contribution in [-0.2, 0) is 11.3 Å². The van der Waals surface area contributed by atoms with Crippen LogP contribution in [0.15, 0.2) is 81.9 Å². The highest BCUT2D eigenvalue weighted by Gasteiger charge is 2.38. The summed E-state index contributed by atoms with van der Waals surface area (Å²) in [4.78, 5) is 18.2. The van der Waals surface area contributed by atoms with E-state index in [9.17, 15) is 4.79 Å². The maximum Gasteiger partial charge on any atom is 0.225 e. The molecule has 0 bridgehead atoms. The van der Waals surface area contributed by atoms with Crippen molar-refractivity contribution < 1.29 is 4.79 Å². The number of fused-ring (bicyclic) bond motifs is 1. The third kappa shape index (κ3) is 4.60. The monoisotopic (exact) mass is 482 g/mol. The Morgan fingerprint density at radius 3 is 2.61 bits per heavy atom. The summed E-state index contributed by atoms with van der Waals surface area (Å²) in [7, 11) is -1.47. The van der Waals surface area contributed by atoms with Crippen molar-refractivity contribution in [3.63, 3.8) is 0 Å². The SMILES string of the molecule is CCC(=O)NC1=CS(c2cn(Cc3ccccc3)c3ccccc23)(C2CCNCC2)C=N1.Cl. The zero-order chi connectivity index (χ0) is 22.0. The molecule has 33 heavy (non-hydrogen) atoms. The largest absolute Gasteiger partial charge is 0.342 e. The van der Waals surface area contributed by atoms with Gasteiger partial charge in [0, 0.05) is 45.6 Å². The van der Waals surface area contributed by atoms with Gasteiger partial charge in [-0.3, -0.25) is 4.79 Å². The first-order valence-corrected chi connectivity index (χ1v) is 13.2. The third-order valence-corrected chi connectivity index (χ3v) is 10.2. The lowest BCUT2D eigenvalue weighted by Crippen LogP contribution is -2.33. The molecule has 2 N–H and O–H groups in total. The highest BCUT2D eigenvalue weighted by Crippen LogP contribution is 2.65. The topological polar surface area (TPSA) is 58.4 Å². The highest BCUT2D eigenvalue weighted by molar-refractivity contribution is 8.47. The summed E-state index contributed by atoms with van der Waals surface area (Å²) >= 11 is 0. The number of halogens is 1. The van der Waals surface area contributed by atoms with Crippen LogP contribution in [0, 0.1) is 0 Å². The number of amides is 1. The van der Waals surface area contributed by atoms with Gasteiger partial charge in [0.2, 0.25) is 5.91 Å². The number of aromatic nitrogens is 1. The second-order valence-corrected chi connectivity index (χ2v) is 11.6. The van der Waals surface area contributed by atoms with Crippen LogP contribution < -0.4 is 10.6 Å². The molecule has 2 aromatic carbocycles. The van der Waals surface area contributed by atoms with Gasteiger partial charge in [-0.15, -0.1) is 22.4 Å². The van der Waals surface area contributed by atoms with Crippen molar-refractivity contribution >= 4 is 44.8 Å². The van der Waals surface area contributed by atoms with E-state index in [2.05, 4.69) is 86.9 Å².